The molecule has 5 heteroatoms. The molecule has 0 atom stereocenters. The molecule has 0 aliphatic carbocycles. The Morgan fingerprint density at radius 3 is 2.59 bits per heavy atom. The van der Waals surface area contributed by atoms with Gasteiger partial charge in [-0.3, -0.25) is 9.36 Å². The molecule has 0 saturated carbocycles. The van der Waals surface area contributed by atoms with Crippen LogP contribution in [0.3, 0.4) is 0 Å². The average molecular weight is 404 g/mol. The lowest BCUT2D eigenvalue weighted by molar-refractivity contribution is 0.475. The van der Waals surface area contributed by atoms with Crippen LogP contribution in [0.1, 0.15) is 11.4 Å². The number of phenols is 1. The van der Waals surface area contributed by atoms with Crippen molar-refractivity contribution in [3.05, 3.63) is 67.8 Å². The average Bonchev–Trinajstić information content (AvgIpc) is 2.52. The van der Waals surface area contributed by atoms with Crippen LogP contribution in [0.25, 0.3) is 23.1 Å². The van der Waals surface area contributed by atoms with Gasteiger partial charge in [0.05, 0.1) is 10.9 Å². The van der Waals surface area contributed by atoms with E-state index in [1.165, 1.54) is 4.57 Å². The third-order valence-electron chi connectivity index (χ3n) is 3.39. The van der Waals surface area contributed by atoms with Crippen molar-refractivity contribution in [2.45, 2.75) is 0 Å². The zero-order valence-corrected chi connectivity index (χ0v) is 14.0. The molecule has 22 heavy (non-hydrogen) atoms. The number of hydrogen-bond donors (Lipinski definition) is 1. The van der Waals surface area contributed by atoms with E-state index in [0.717, 1.165) is 9.13 Å². The number of phenolic OH excluding ortho intramolecular Hbond substituents is 1. The van der Waals surface area contributed by atoms with Crippen LogP contribution in [0.2, 0.25) is 0 Å². The van der Waals surface area contributed by atoms with Gasteiger partial charge in [0, 0.05) is 10.6 Å². The molecular weight excluding hydrogens is 391 g/mol. The highest BCUT2D eigenvalue weighted by Gasteiger charge is 2.06. The van der Waals surface area contributed by atoms with Crippen LogP contribution < -0.4 is 5.56 Å². The van der Waals surface area contributed by atoms with Crippen molar-refractivity contribution < 1.29 is 5.11 Å². The molecule has 0 unspecified atom stereocenters. The number of aromatic hydroxyl groups is 1. The van der Waals surface area contributed by atoms with Gasteiger partial charge in [-0.2, -0.15) is 0 Å². The Hall–Kier alpha value is -2.15. The fourth-order valence-corrected chi connectivity index (χ4v) is 2.66. The highest BCUT2D eigenvalue weighted by molar-refractivity contribution is 14.1. The van der Waals surface area contributed by atoms with Gasteiger partial charge in [-0.15, -0.1) is 0 Å². The number of rotatable bonds is 2. The summed E-state index contributed by atoms with van der Waals surface area (Å²) in [6, 6.07) is 12.5. The van der Waals surface area contributed by atoms with Crippen LogP contribution in [-0.4, -0.2) is 14.7 Å². The largest absolute Gasteiger partial charge is 0.508 e. The molecule has 0 radical (unpaired) electrons. The Bertz CT molecular complexity index is 928. The predicted molar refractivity (Wildman–Crippen MR) is 96.7 cm³/mol. The lowest BCUT2D eigenvalue weighted by atomic mass is 10.2. The van der Waals surface area contributed by atoms with Crippen molar-refractivity contribution in [1.29, 1.82) is 0 Å². The second-order valence-electron chi connectivity index (χ2n) is 4.92. The van der Waals surface area contributed by atoms with E-state index in [1.54, 1.807) is 37.4 Å². The second kappa shape index (κ2) is 5.92. The van der Waals surface area contributed by atoms with Crippen molar-refractivity contribution in [1.82, 2.24) is 9.55 Å². The lowest BCUT2D eigenvalue weighted by Gasteiger charge is -2.06. The maximum Gasteiger partial charge on any atom is 0.261 e. The van der Waals surface area contributed by atoms with E-state index in [-0.39, 0.29) is 11.3 Å². The number of halogens is 1. The standard InChI is InChI=1S/C17H13IN2O2/c1-20-16(9-4-11-2-6-13(21)7-3-11)19-15-8-5-12(18)10-14(15)17(20)22/h2-10,21H,1H3/b9-4+. The van der Waals surface area contributed by atoms with Gasteiger partial charge in [0.2, 0.25) is 0 Å². The summed E-state index contributed by atoms with van der Waals surface area (Å²) in [5.41, 5.74) is 1.55. The van der Waals surface area contributed by atoms with E-state index in [4.69, 9.17) is 0 Å². The summed E-state index contributed by atoms with van der Waals surface area (Å²) < 4.78 is 2.55. The number of hydrogen-bond acceptors (Lipinski definition) is 3. The van der Waals surface area contributed by atoms with Crippen LogP contribution in [0.15, 0.2) is 47.3 Å². The summed E-state index contributed by atoms with van der Waals surface area (Å²) in [7, 11) is 1.71. The Kier molecular flexibility index (Phi) is 3.98. The smallest absolute Gasteiger partial charge is 0.261 e. The summed E-state index contributed by atoms with van der Waals surface area (Å²) in [4.78, 5) is 16.9. The van der Waals surface area contributed by atoms with Crippen LogP contribution in [0.5, 0.6) is 5.75 Å². The van der Waals surface area contributed by atoms with Crippen LogP contribution >= 0.6 is 22.6 Å². The maximum absolute atomic E-state index is 12.4. The molecule has 1 N–H and O–H groups in total. The van der Waals surface area contributed by atoms with Gasteiger partial charge in [0.25, 0.3) is 5.56 Å². The van der Waals surface area contributed by atoms with Crippen LogP contribution in [0.4, 0.5) is 0 Å². The van der Waals surface area contributed by atoms with Crippen LogP contribution in [-0.2, 0) is 7.05 Å². The Morgan fingerprint density at radius 1 is 1.14 bits per heavy atom. The summed E-state index contributed by atoms with van der Waals surface area (Å²) in [6.45, 7) is 0. The molecule has 3 aromatic rings. The van der Waals surface area contributed by atoms with E-state index in [2.05, 4.69) is 27.6 Å². The zero-order chi connectivity index (χ0) is 15.7. The fourth-order valence-electron chi connectivity index (χ4n) is 2.17. The first-order valence-electron chi connectivity index (χ1n) is 6.68. The number of nitrogens with zero attached hydrogens (tertiary/aromatic N) is 2. The first-order chi connectivity index (χ1) is 10.5. The topological polar surface area (TPSA) is 55.1 Å². The molecule has 0 amide bonds. The number of fused-ring (bicyclic) bond motifs is 1. The second-order valence-corrected chi connectivity index (χ2v) is 6.17. The fraction of sp³-hybridized carbons (Fsp3) is 0.0588. The third-order valence-corrected chi connectivity index (χ3v) is 4.06. The van der Waals surface area contributed by atoms with Crippen molar-refractivity contribution in [3.8, 4) is 5.75 Å². The van der Waals surface area contributed by atoms with Gasteiger partial charge in [0.15, 0.2) is 0 Å². The molecule has 0 aliphatic heterocycles. The molecule has 0 bridgehead atoms. The molecule has 4 nitrogen and oxygen atoms in total. The molecule has 2 aromatic carbocycles. The summed E-state index contributed by atoms with van der Waals surface area (Å²) in [6.07, 6.45) is 3.66. The van der Waals surface area contributed by atoms with E-state index < -0.39 is 0 Å². The van der Waals surface area contributed by atoms with Gasteiger partial charge in [-0.1, -0.05) is 18.2 Å². The highest BCUT2D eigenvalue weighted by Crippen LogP contribution is 2.15. The SMILES string of the molecule is Cn1c(/C=C/c2ccc(O)cc2)nc2ccc(I)cc2c1=O. The minimum Gasteiger partial charge on any atom is -0.508 e. The normalized spacial score (nSPS) is 11.4. The highest BCUT2D eigenvalue weighted by atomic mass is 127. The van der Waals surface area contributed by atoms with Gasteiger partial charge < -0.3 is 5.11 Å². The van der Waals surface area contributed by atoms with Gasteiger partial charge in [-0.25, -0.2) is 4.98 Å². The molecular formula is C17H13IN2O2. The maximum atomic E-state index is 12.4. The van der Waals surface area contributed by atoms with Crippen LogP contribution in [0, 0.1) is 3.57 Å². The molecule has 3 rings (SSSR count). The number of benzene rings is 2. The first-order valence-corrected chi connectivity index (χ1v) is 7.76. The van der Waals surface area contributed by atoms with E-state index >= 15 is 0 Å². The summed E-state index contributed by atoms with van der Waals surface area (Å²) in [5, 5.41) is 9.90. The van der Waals surface area contributed by atoms with Crippen molar-refractivity contribution in [2.75, 3.05) is 0 Å². The summed E-state index contributed by atoms with van der Waals surface area (Å²) in [5.74, 6) is 0.815. The molecule has 0 fully saturated rings. The molecule has 0 saturated heterocycles. The van der Waals surface area contributed by atoms with E-state index in [1.807, 2.05) is 24.3 Å². The third kappa shape index (κ3) is 2.89. The lowest BCUT2D eigenvalue weighted by Crippen LogP contribution is -2.20. The van der Waals surface area contributed by atoms with E-state index in [0.29, 0.717) is 16.7 Å². The zero-order valence-electron chi connectivity index (χ0n) is 11.8. The van der Waals surface area contributed by atoms with E-state index in [9.17, 15) is 9.90 Å². The van der Waals surface area contributed by atoms with Crippen molar-refractivity contribution in [3.63, 3.8) is 0 Å². The first kappa shape index (κ1) is 14.8. The van der Waals surface area contributed by atoms with Gasteiger partial charge in [0.1, 0.15) is 11.6 Å². The summed E-state index contributed by atoms with van der Waals surface area (Å²) >= 11 is 2.18. The minimum atomic E-state index is -0.0612. The Morgan fingerprint density at radius 2 is 1.86 bits per heavy atom. The molecule has 1 aromatic heterocycles. The minimum absolute atomic E-state index is 0.0612. The number of aromatic nitrogens is 2. The Balaban J connectivity index is 2.07. The van der Waals surface area contributed by atoms with Gasteiger partial charge in [-0.05, 0) is 64.6 Å². The predicted octanol–water partition coefficient (Wildman–Crippen LogP) is 3.41. The van der Waals surface area contributed by atoms with Crippen molar-refractivity contribution >= 4 is 45.6 Å². The molecule has 0 aliphatic rings. The molecule has 1 heterocycles. The van der Waals surface area contributed by atoms with Gasteiger partial charge >= 0.3 is 0 Å². The monoisotopic (exact) mass is 404 g/mol. The molecule has 0 spiro atoms. The quantitative estimate of drug-likeness (QED) is 0.667. The Labute approximate surface area is 140 Å². The molecule has 110 valence electrons. The van der Waals surface area contributed by atoms with Crippen molar-refractivity contribution in [2.24, 2.45) is 7.05 Å².